The second kappa shape index (κ2) is 7.09. The number of amides is 1. The van der Waals surface area contributed by atoms with Gasteiger partial charge in [0.2, 0.25) is 5.91 Å². The Balaban J connectivity index is 0.00000147. The van der Waals surface area contributed by atoms with Gasteiger partial charge in [0.25, 0.3) is 0 Å². The van der Waals surface area contributed by atoms with Crippen LogP contribution in [0.1, 0.15) is 42.7 Å². The van der Waals surface area contributed by atoms with E-state index in [-0.39, 0.29) is 18.3 Å². The van der Waals surface area contributed by atoms with Crippen molar-refractivity contribution in [1.82, 2.24) is 10.6 Å². The van der Waals surface area contributed by atoms with Gasteiger partial charge < -0.3 is 10.6 Å². The van der Waals surface area contributed by atoms with Crippen LogP contribution < -0.4 is 10.6 Å². The summed E-state index contributed by atoms with van der Waals surface area (Å²) in [5.74, 6) is 0.634. The molecule has 4 heteroatoms. The van der Waals surface area contributed by atoms with Gasteiger partial charge in [-0.15, -0.1) is 12.4 Å². The zero-order valence-electron chi connectivity index (χ0n) is 11.7. The molecule has 110 valence electrons. The molecule has 3 nitrogen and oxygen atoms in total. The van der Waals surface area contributed by atoms with E-state index in [2.05, 4.69) is 34.9 Å². The molecule has 0 radical (unpaired) electrons. The van der Waals surface area contributed by atoms with E-state index in [9.17, 15) is 4.79 Å². The highest BCUT2D eigenvalue weighted by Crippen LogP contribution is 2.33. The molecule has 0 saturated carbocycles. The van der Waals surface area contributed by atoms with Crippen molar-refractivity contribution in [3.63, 3.8) is 0 Å². The lowest BCUT2D eigenvalue weighted by molar-refractivity contribution is -0.122. The van der Waals surface area contributed by atoms with E-state index in [1.807, 2.05) is 0 Å². The van der Waals surface area contributed by atoms with Crippen molar-refractivity contribution in [3.8, 4) is 0 Å². The number of benzene rings is 1. The molecule has 1 fully saturated rings. The largest absolute Gasteiger partial charge is 0.352 e. The van der Waals surface area contributed by atoms with Crippen molar-refractivity contribution in [3.05, 3.63) is 35.4 Å². The predicted molar refractivity (Wildman–Crippen MR) is 83.4 cm³/mol. The SMILES string of the molecule is Cl.O=C(CC1CCCc2ccccc21)NC1CCNC1. The van der Waals surface area contributed by atoms with Crippen LogP contribution in [0.5, 0.6) is 0 Å². The van der Waals surface area contributed by atoms with Crippen LogP contribution in [0.2, 0.25) is 0 Å². The normalized spacial score (nSPS) is 24.6. The number of carbonyl (C=O) groups is 1. The average Bonchev–Trinajstić information content (AvgIpc) is 2.92. The smallest absolute Gasteiger partial charge is 0.220 e. The molecule has 1 amide bonds. The third kappa shape index (κ3) is 3.53. The Bertz CT molecular complexity index is 458. The first-order valence-corrected chi connectivity index (χ1v) is 7.41. The third-order valence-corrected chi connectivity index (χ3v) is 4.35. The van der Waals surface area contributed by atoms with Crippen molar-refractivity contribution >= 4 is 18.3 Å². The summed E-state index contributed by atoms with van der Waals surface area (Å²) in [7, 11) is 0. The van der Waals surface area contributed by atoms with E-state index >= 15 is 0 Å². The molecule has 0 spiro atoms. The van der Waals surface area contributed by atoms with E-state index in [1.54, 1.807) is 0 Å². The third-order valence-electron chi connectivity index (χ3n) is 4.35. The van der Waals surface area contributed by atoms with Gasteiger partial charge in [0.15, 0.2) is 0 Å². The summed E-state index contributed by atoms with van der Waals surface area (Å²) in [5, 5.41) is 6.44. The molecule has 1 aromatic rings. The van der Waals surface area contributed by atoms with Crippen molar-refractivity contribution in [2.75, 3.05) is 13.1 Å². The molecule has 1 aromatic carbocycles. The summed E-state index contributed by atoms with van der Waals surface area (Å²) in [6.45, 7) is 1.95. The summed E-state index contributed by atoms with van der Waals surface area (Å²) in [4.78, 5) is 12.1. The first-order valence-electron chi connectivity index (χ1n) is 7.41. The van der Waals surface area contributed by atoms with E-state index in [0.29, 0.717) is 18.4 Å². The molecule has 0 aromatic heterocycles. The lowest BCUT2D eigenvalue weighted by Crippen LogP contribution is -2.37. The van der Waals surface area contributed by atoms with Crippen LogP contribution in [0.4, 0.5) is 0 Å². The van der Waals surface area contributed by atoms with Gasteiger partial charge in [-0.2, -0.15) is 0 Å². The Morgan fingerprint density at radius 1 is 1.30 bits per heavy atom. The summed E-state index contributed by atoms with van der Waals surface area (Å²) in [6, 6.07) is 8.94. The average molecular weight is 295 g/mol. The first-order chi connectivity index (χ1) is 9.33. The number of halogens is 1. The van der Waals surface area contributed by atoms with Gasteiger partial charge in [0.1, 0.15) is 0 Å². The molecule has 1 saturated heterocycles. The molecule has 0 bridgehead atoms. The fourth-order valence-electron chi connectivity index (χ4n) is 3.35. The lowest BCUT2D eigenvalue weighted by atomic mass is 9.81. The Morgan fingerprint density at radius 2 is 2.15 bits per heavy atom. The summed E-state index contributed by atoms with van der Waals surface area (Å²) < 4.78 is 0. The van der Waals surface area contributed by atoms with Crippen LogP contribution in [0.3, 0.4) is 0 Å². The first kappa shape index (κ1) is 15.3. The fraction of sp³-hybridized carbons (Fsp3) is 0.562. The quantitative estimate of drug-likeness (QED) is 0.899. The number of nitrogens with one attached hydrogen (secondary N) is 2. The topological polar surface area (TPSA) is 41.1 Å². The molecule has 3 rings (SSSR count). The van der Waals surface area contributed by atoms with Gasteiger partial charge >= 0.3 is 0 Å². The van der Waals surface area contributed by atoms with E-state index in [1.165, 1.54) is 24.0 Å². The minimum atomic E-state index is 0. The van der Waals surface area contributed by atoms with E-state index < -0.39 is 0 Å². The number of fused-ring (bicyclic) bond motifs is 1. The minimum absolute atomic E-state index is 0. The van der Waals surface area contributed by atoms with E-state index in [4.69, 9.17) is 0 Å². The lowest BCUT2D eigenvalue weighted by Gasteiger charge is -2.25. The number of aryl methyl sites for hydroxylation is 1. The standard InChI is InChI=1S/C16H22N2O.ClH/c19-16(18-14-8-9-17-11-14)10-13-6-3-5-12-4-1-2-7-15(12)13;/h1-2,4,7,13-14,17H,3,5-6,8-11H2,(H,18,19);1H. The highest BCUT2D eigenvalue weighted by Gasteiger charge is 2.24. The van der Waals surface area contributed by atoms with Crippen LogP contribution in [0.15, 0.2) is 24.3 Å². The van der Waals surface area contributed by atoms with Crippen LogP contribution >= 0.6 is 12.4 Å². The second-order valence-corrected chi connectivity index (χ2v) is 5.75. The zero-order valence-corrected chi connectivity index (χ0v) is 12.5. The molecule has 20 heavy (non-hydrogen) atoms. The van der Waals surface area contributed by atoms with Crippen molar-refractivity contribution in [2.45, 2.75) is 44.1 Å². The summed E-state index contributed by atoms with van der Waals surface area (Å²) in [6.07, 6.45) is 5.23. The Hall–Kier alpha value is -1.06. The van der Waals surface area contributed by atoms with Gasteiger partial charge in [-0.05, 0) is 49.3 Å². The highest BCUT2D eigenvalue weighted by molar-refractivity contribution is 5.85. The molecule has 1 aliphatic heterocycles. The Morgan fingerprint density at radius 3 is 2.95 bits per heavy atom. The van der Waals surface area contributed by atoms with Gasteiger partial charge in [0, 0.05) is 19.0 Å². The van der Waals surface area contributed by atoms with Crippen LogP contribution in [-0.4, -0.2) is 25.0 Å². The molecule has 2 atom stereocenters. The van der Waals surface area contributed by atoms with Gasteiger partial charge in [0.05, 0.1) is 0 Å². The molecular weight excluding hydrogens is 272 g/mol. The molecule has 2 unspecified atom stereocenters. The van der Waals surface area contributed by atoms with Crippen LogP contribution in [0.25, 0.3) is 0 Å². The van der Waals surface area contributed by atoms with Crippen molar-refractivity contribution in [1.29, 1.82) is 0 Å². The number of hydrogen-bond donors (Lipinski definition) is 2. The molecule has 1 heterocycles. The predicted octanol–water partition coefficient (Wildman–Crippen LogP) is 2.40. The molecule has 2 aliphatic rings. The van der Waals surface area contributed by atoms with Crippen LogP contribution in [-0.2, 0) is 11.2 Å². The monoisotopic (exact) mass is 294 g/mol. The Kier molecular flexibility index (Phi) is 5.44. The maximum Gasteiger partial charge on any atom is 0.220 e. The Labute approximate surface area is 126 Å². The van der Waals surface area contributed by atoms with Crippen LogP contribution in [0, 0.1) is 0 Å². The summed E-state index contributed by atoms with van der Waals surface area (Å²) >= 11 is 0. The van der Waals surface area contributed by atoms with E-state index in [0.717, 1.165) is 25.9 Å². The van der Waals surface area contributed by atoms with Crippen molar-refractivity contribution in [2.24, 2.45) is 0 Å². The second-order valence-electron chi connectivity index (χ2n) is 5.75. The molecular formula is C16H23ClN2O. The number of rotatable bonds is 3. The van der Waals surface area contributed by atoms with Gasteiger partial charge in [-0.3, -0.25) is 4.79 Å². The number of hydrogen-bond acceptors (Lipinski definition) is 2. The number of carbonyl (C=O) groups excluding carboxylic acids is 1. The summed E-state index contributed by atoms with van der Waals surface area (Å²) in [5.41, 5.74) is 2.84. The van der Waals surface area contributed by atoms with Crippen molar-refractivity contribution < 1.29 is 4.79 Å². The highest BCUT2D eigenvalue weighted by atomic mass is 35.5. The maximum absolute atomic E-state index is 12.1. The minimum Gasteiger partial charge on any atom is -0.352 e. The molecule has 2 N–H and O–H groups in total. The fourth-order valence-corrected chi connectivity index (χ4v) is 3.35. The molecule has 1 aliphatic carbocycles. The zero-order chi connectivity index (χ0) is 13.1. The van der Waals surface area contributed by atoms with Gasteiger partial charge in [-0.25, -0.2) is 0 Å². The van der Waals surface area contributed by atoms with Gasteiger partial charge in [-0.1, -0.05) is 24.3 Å². The maximum atomic E-state index is 12.1.